The monoisotopic (exact) mass is 870 g/mol. The van der Waals surface area contributed by atoms with Crippen LogP contribution in [-0.2, 0) is 20.1 Å². The number of rotatable bonds is 4. The number of hydrogen-bond donors (Lipinski definition) is 0. The summed E-state index contributed by atoms with van der Waals surface area (Å²) in [6.07, 6.45) is 3.39. The number of fused-ring (bicyclic) bond motifs is 6. The van der Waals surface area contributed by atoms with Gasteiger partial charge in [0.05, 0.1) is 2.74 Å². The molecule has 0 saturated carbocycles. The average Bonchev–Trinajstić information content (AvgIpc) is 3.51. The largest absolute Gasteiger partial charge is 0.304 e. The number of benzene rings is 5. The summed E-state index contributed by atoms with van der Waals surface area (Å²) in [6.45, 7) is 2.22. The molecule has 8 rings (SSSR count). The van der Waals surface area contributed by atoms with Crippen LogP contribution in [-0.4, -0.2) is 23.2 Å². The summed E-state index contributed by atoms with van der Waals surface area (Å²) in [5.41, 5.74) is 6.40. The number of aromatic nitrogens is 2. The van der Waals surface area contributed by atoms with Gasteiger partial charge in [0.2, 0.25) is 0 Å². The number of hydrogen-bond acceptors (Lipinski definition) is 3. The Hall–Kier alpha value is -4.09. The van der Waals surface area contributed by atoms with Crippen molar-refractivity contribution >= 4 is 61.1 Å². The van der Waals surface area contributed by atoms with Crippen molar-refractivity contribution in [2.75, 3.05) is 0 Å². The van der Waals surface area contributed by atoms with Gasteiger partial charge in [-0.05, 0) is 23.5 Å². The molecule has 0 saturated heterocycles. The zero-order valence-corrected chi connectivity index (χ0v) is 32.0. The third-order valence-electron chi connectivity index (χ3n) is 8.55. The van der Waals surface area contributed by atoms with Crippen molar-refractivity contribution in [2.24, 2.45) is 0 Å². The van der Waals surface area contributed by atoms with E-state index in [2.05, 4.69) is 84.6 Å². The van der Waals surface area contributed by atoms with Crippen LogP contribution in [0.5, 0.6) is 0 Å². The third-order valence-corrected chi connectivity index (χ3v) is 12.8. The Balaban J connectivity index is 0.000000178. The quantitative estimate of drug-likeness (QED) is 0.100. The average molecular weight is 869 g/mol. The molecule has 0 fully saturated rings. The van der Waals surface area contributed by atoms with E-state index in [1.807, 2.05) is 42.6 Å². The van der Waals surface area contributed by atoms with Crippen molar-refractivity contribution in [1.82, 2.24) is 9.97 Å². The van der Waals surface area contributed by atoms with Crippen molar-refractivity contribution in [3.8, 4) is 22.5 Å². The minimum Gasteiger partial charge on any atom is -0.304 e. The molecule has 1 radical (unpaired) electrons. The van der Waals surface area contributed by atoms with Gasteiger partial charge in [0.15, 0.2) is 0 Å². The summed E-state index contributed by atoms with van der Waals surface area (Å²) in [7, 11) is 0. The SMILES string of the molecule is CC(C)c1ccc2c(c1)oc1c(-c3cc[c]([Ge]([CH3])([CH3])[CH3])cn3)[c-]ccc12.[2H]c1c([2H])c2ccccc2c2c[c-]c(-c3ccc(C([2H])([2H])[2H])cn3)cc12.[Ir]. The summed E-state index contributed by atoms with van der Waals surface area (Å²) < 4.78 is 46.6. The van der Waals surface area contributed by atoms with Gasteiger partial charge in [-0.1, -0.05) is 59.3 Å². The molecule has 0 unspecified atom stereocenters. The molecule has 5 aromatic carbocycles. The van der Waals surface area contributed by atoms with Crippen molar-refractivity contribution in [1.29, 1.82) is 0 Å². The van der Waals surface area contributed by atoms with Gasteiger partial charge in [-0.25, -0.2) is 0 Å². The van der Waals surface area contributed by atoms with E-state index in [9.17, 15) is 0 Å². The van der Waals surface area contributed by atoms with Crippen LogP contribution >= 0.6 is 0 Å². The third kappa shape index (κ3) is 6.75. The van der Waals surface area contributed by atoms with E-state index < -0.39 is 20.1 Å². The van der Waals surface area contributed by atoms with Gasteiger partial charge in [-0.2, -0.15) is 0 Å². The Labute approximate surface area is 306 Å². The Bertz CT molecular complexity index is 2590. The van der Waals surface area contributed by atoms with E-state index in [0.717, 1.165) is 49.4 Å². The Morgan fingerprint density at radius 1 is 0.771 bits per heavy atom. The van der Waals surface area contributed by atoms with Crippen LogP contribution < -0.4 is 4.40 Å². The standard InChI is InChI=1S/C23H24GeNO.C20H14N.Ir/c1-15(2)16-9-11-18-19-7-6-8-20(23(19)26-22(18)13-16)21-12-10-17(14-25-21)24(3,4)5;1-14-6-11-20(21-13-14)17-9-10-19-16(12-17)8-7-15-4-2-3-5-18(15)19;/h6-7,9-15H,1-5H3;2-8,10-13H,1H3;/q2*-1;/i;1D3,7D,8D;. The molecule has 0 amide bonds. The van der Waals surface area contributed by atoms with Gasteiger partial charge >= 0.3 is 158 Å². The van der Waals surface area contributed by atoms with Crippen LogP contribution in [0.1, 0.15) is 37.7 Å². The number of aryl methyl sites for hydroxylation is 1. The molecule has 0 spiro atoms. The molecule has 8 aromatic rings. The van der Waals surface area contributed by atoms with Gasteiger partial charge < -0.3 is 4.98 Å². The molecule has 3 aromatic heterocycles. The molecule has 0 bridgehead atoms. The summed E-state index contributed by atoms with van der Waals surface area (Å²) in [4.78, 5) is 8.97. The zero-order chi connectivity index (χ0) is 36.9. The predicted octanol–water partition coefficient (Wildman–Crippen LogP) is 11.3. The Kier molecular flexibility index (Phi) is 8.00. The minimum atomic E-state index is -2.19. The van der Waals surface area contributed by atoms with Crippen LogP contribution in [0.4, 0.5) is 0 Å². The van der Waals surface area contributed by atoms with Crippen LogP contribution in [0.3, 0.4) is 0 Å². The van der Waals surface area contributed by atoms with Gasteiger partial charge in [0.1, 0.15) is 0 Å². The van der Waals surface area contributed by atoms with E-state index >= 15 is 0 Å². The molecule has 0 atom stereocenters. The van der Waals surface area contributed by atoms with Gasteiger partial charge in [-0.3, -0.25) is 0 Å². The Morgan fingerprint density at radius 2 is 1.56 bits per heavy atom. The summed E-state index contributed by atoms with van der Waals surface area (Å²) in [6, 6.07) is 36.1. The fourth-order valence-corrected chi connectivity index (χ4v) is 7.95. The molecule has 3 nitrogen and oxygen atoms in total. The minimum absolute atomic E-state index is 0. The van der Waals surface area contributed by atoms with E-state index in [-0.39, 0.29) is 37.8 Å². The Morgan fingerprint density at radius 3 is 2.29 bits per heavy atom. The molecule has 0 aliphatic carbocycles. The van der Waals surface area contributed by atoms with Gasteiger partial charge in [0.25, 0.3) is 0 Å². The summed E-state index contributed by atoms with van der Waals surface area (Å²) >= 11 is -1.86. The number of pyridine rings is 2. The molecule has 5 heteroatoms. The maximum absolute atomic E-state index is 8.35. The molecular formula is C43H38GeIrN2O-2. The van der Waals surface area contributed by atoms with Crippen LogP contribution in [0.2, 0.25) is 17.3 Å². The summed E-state index contributed by atoms with van der Waals surface area (Å²) in [5.74, 6) is 7.63. The molecule has 3 heterocycles. The second-order valence-electron chi connectivity index (χ2n) is 13.2. The molecular weight excluding hydrogens is 825 g/mol. The molecule has 0 N–H and O–H groups in total. The second kappa shape index (κ2) is 13.8. The van der Waals surface area contributed by atoms with Gasteiger partial charge in [0, 0.05) is 30.4 Å². The van der Waals surface area contributed by atoms with Crippen molar-refractivity contribution in [3.05, 3.63) is 139 Å². The van der Waals surface area contributed by atoms with Gasteiger partial charge in [-0.15, -0.1) is 29.1 Å². The van der Waals surface area contributed by atoms with Crippen LogP contribution in [0, 0.1) is 19.0 Å². The first-order valence-electron chi connectivity index (χ1n) is 18.3. The second-order valence-corrected chi connectivity index (χ2v) is 23.8. The first-order chi connectivity index (χ1) is 24.7. The molecule has 0 aliphatic heterocycles. The van der Waals surface area contributed by atoms with Crippen molar-refractivity contribution in [2.45, 2.75) is 43.9 Å². The maximum atomic E-state index is 8.35. The topological polar surface area (TPSA) is 38.9 Å². The van der Waals surface area contributed by atoms with E-state index in [1.54, 1.807) is 12.1 Å². The molecule has 241 valence electrons. The normalized spacial score (nSPS) is 13.3. The van der Waals surface area contributed by atoms with E-state index in [1.165, 1.54) is 22.2 Å². The number of nitrogens with zero attached hydrogens (tertiary/aromatic N) is 2. The molecule has 0 aliphatic rings. The van der Waals surface area contributed by atoms with E-state index in [0.29, 0.717) is 22.6 Å². The van der Waals surface area contributed by atoms with Crippen LogP contribution in [0.15, 0.2) is 120 Å². The fraction of sp³-hybridized carbons (Fsp3) is 0.163. The van der Waals surface area contributed by atoms with E-state index in [4.69, 9.17) is 16.3 Å². The first kappa shape index (κ1) is 27.8. The molecule has 48 heavy (non-hydrogen) atoms. The zero-order valence-electron chi connectivity index (χ0n) is 32.5. The van der Waals surface area contributed by atoms with Crippen molar-refractivity contribution < 1.29 is 31.4 Å². The number of furan rings is 1. The fourth-order valence-electron chi connectivity index (χ4n) is 5.77. The van der Waals surface area contributed by atoms with Crippen molar-refractivity contribution in [3.63, 3.8) is 0 Å². The maximum Gasteiger partial charge on any atom is 0.0629 e. The first-order valence-corrected chi connectivity index (χ1v) is 23.2. The summed E-state index contributed by atoms with van der Waals surface area (Å²) in [5, 5.41) is 5.46. The van der Waals surface area contributed by atoms with Crippen LogP contribution in [0.25, 0.3) is 66.0 Å². The predicted molar refractivity (Wildman–Crippen MR) is 201 cm³/mol. The smallest absolute Gasteiger partial charge is 0.0629 e.